The Bertz CT molecular complexity index is 328. The number of methoxy groups -OCH3 is 1. The summed E-state index contributed by atoms with van der Waals surface area (Å²) in [4.78, 5) is 2.33. The van der Waals surface area contributed by atoms with Gasteiger partial charge in [0.15, 0.2) is 0 Å². The van der Waals surface area contributed by atoms with Crippen LogP contribution in [0.5, 0.6) is 5.75 Å². The minimum absolute atomic E-state index is 0.653. The van der Waals surface area contributed by atoms with E-state index in [0.717, 1.165) is 25.4 Å². The zero-order valence-corrected chi connectivity index (χ0v) is 11.4. The SMILES string of the molecule is CNCC(C)CN(C)Cc1ccccc1OC. The predicted molar refractivity (Wildman–Crippen MR) is 72.4 cm³/mol. The summed E-state index contributed by atoms with van der Waals surface area (Å²) in [6.45, 7) is 5.32. The van der Waals surface area contributed by atoms with Crippen LogP contribution in [0.2, 0.25) is 0 Å². The molecule has 0 heterocycles. The van der Waals surface area contributed by atoms with Gasteiger partial charge < -0.3 is 15.0 Å². The Morgan fingerprint density at radius 2 is 2.06 bits per heavy atom. The molecular formula is C14H24N2O. The maximum atomic E-state index is 5.36. The number of nitrogens with zero attached hydrogens (tertiary/aromatic N) is 1. The molecule has 3 nitrogen and oxygen atoms in total. The first-order valence-electron chi connectivity index (χ1n) is 6.12. The Labute approximate surface area is 105 Å². The fraction of sp³-hybridized carbons (Fsp3) is 0.571. The second-order valence-corrected chi connectivity index (χ2v) is 4.67. The molecule has 1 aromatic rings. The van der Waals surface area contributed by atoms with Crippen molar-refractivity contribution in [1.29, 1.82) is 0 Å². The van der Waals surface area contributed by atoms with Crippen molar-refractivity contribution in [3.8, 4) is 5.75 Å². The largest absolute Gasteiger partial charge is 0.496 e. The maximum absolute atomic E-state index is 5.36. The molecule has 1 aromatic carbocycles. The first-order valence-corrected chi connectivity index (χ1v) is 6.12. The number of para-hydroxylation sites is 1. The quantitative estimate of drug-likeness (QED) is 0.783. The first-order chi connectivity index (χ1) is 8.17. The number of benzene rings is 1. The van der Waals surface area contributed by atoms with E-state index in [-0.39, 0.29) is 0 Å². The van der Waals surface area contributed by atoms with Crippen molar-refractivity contribution in [3.05, 3.63) is 29.8 Å². The molecule has 1 N–H and O–H groups in total. The lowest BCUT2D eigenvalue weighted by atomic mass is 10.1. The van der Waals surface area contributed by atoms with Gasteiger partial charge in [0.1, 0.15) is 5.75 Å². The third kappa shape index (κ3) is 4.75. The normalized spacial score (nSPS) is 12.8. The van der Waals surface area contributed by atoms with Gasteiger partial charge in [0.25, 0.3) is 0 Å². The molecule has 0 bridgehead atoms. The van der Waals surface area contributed by atoms with E-state index in [1.54, 1.807) is 7.11 Å². The van der Waals surface area contributed by atoms with Crippen LogP contribution in [0.15, 0.2) is 24.3 Å². The van der Waals surface area contributed by atoms with Gasteiger partial charge in [-0.15, -0.1) is 0 Å². The number of nitrogens with one attached hydrogen (secondary N) is 1. The highest BCUT2D eigenvalue weighted by Crippen LogP contribution is 2.18. The molecule has 0 saturated carbocycles. The molecular weight excluding hydrogens is 212 g/mol. The molecule has 0 spiro atoms. The second kappa shape index (κ2) is 7.30. The molecule has 96 valence electrons. The van der Waals surface area contributed by atoms with Crippen molar-refractivity contribution in [3.63, 3.8) is 0 Å². The van der Waals surface area contributed by atoms with Gasteiger partial charge in [-0.25, -0.2) is 0 Å². The average molecular weight is 236 g/mol. The maximum Gasteiger partial charge on any atom is 0.123 e. The zero-order valence-electron chi connectivity index (χ0n) is 11.4. The molecule has 17 heavy (non-hydrogen) atoms. The predicted octanol–water partition coefficient (Wildman–Crippen LogP) is 1.98. The highest BCUT2D eigenvalue weighted by atomic mass is 16.5. The fourth-order valence-corrected chi connectivity index (χ4v) is 2.13. The van der Waals surface area contributed by atoms with E-state index in [1.807, 2.05) is 19.2 Å². The summed E-state index contributed by atoms with van der Waals surface area (Å²) in [5, 5.41) is 3.21. The minimum Gasteiger partial charge on any atom is -0.496 e. The van der Waals surface area contributed by atoms with Crippen LogP contribution in [-0.2, 0) is 6.54 Å². The van der Waals surface area contributed by atoms with Gasteiger partial charge in [0, 0.05) is 18.7 Å². The summed E-state index contributed by atoms with van der Waals surface area (Å²) >= 11 is 0. The topological polar surface area (TPSA) is 24.5 Å². The van der Waals surface area contributed by atoms with E-state index in [1.165, 1.54) is 5.56 Å². The van der Waals surface area contributed by atoms with Crippen molar-refractivity contribution < 1.29 is 4.74 Å². The molecule has 1 unspecified atom stereocenters. The molecule has 0 aliphatic heterocycles. The summed E-state index contributed by atoms with van der Waals surface area (Å²) in [6.07, 6.45) is 0. The average Bonchev–Trinajstić information content (AvgIpc) is 2.29. The summed E-state index contributed by atoms with van der Waals surface area (Å²) in [7, 11) is 5.87. The van der Waals surface area contributed by atoms with Crippen LogP contribution in [-0.4, -0.2) is 39.2 Å². The van der Waals surface area contributed by atoms with Crippen molar-refractivity contribution in [2.75, 3.05) is 34.3 Å². The van der Waals surface area contributed by atoms with Crippen LogP contribution in [0.25, 0.3) is 0 Å². The highest BCUT2D eigenvalue weighted by molar-refractivity contribution is 5.32. The summed E-state index contributed by atoms with van der Waals surface area (Å²) in [5.41, 5.74) is 1.24. The number of hydrogen-bond acceptors (Lipinski definition) is 3. The van der Waals surface area contributed by atoms with Gasteiger partial charge in [-0.2, -0.15) is 0 Å². The minimum atomic E-state index is 0.653. The Kier molecular flexibility index (Phi) is 6.01. The van der Waals surface area contributed by atoms with E-state index < -0.39 is 0 Å². The number of ether oxygens (including phenoxy) is 1. The van der Waals surface area contributed by atoms with Crippen LogP contribution in [0.3, 0.4) is 0 Å². The third-order valence-corrected chi connectivity index (χ3v) is 2.81. The van der Waals surface area contributed by atoms with Gasteiger partial charge in [-0.3, -0.25) is 0 Å². The Balaban J connectivity index is 2.52. The van der Waals surface area contributed by atoms with Crippen LogP contribution in [0.4, 0.5) is 0 Å². The first kappa shape index (κ1) is 14.0. The van der Waals surface area contributed by atoms with Gasteiger partial charge in [0.2, 0.25) is 0 Å². The van der Waals surface area contributed by atoms with E-state index in [2.05, 4.69) is 36.3 Å². The van der Waals surface area contributed by atoms with E-state index in [0.29, 0.717) is 5.92 Å². The van der Waals surface area contributed by atoms with Crippen LogP contribution < -0.4 is 10.1 Å². The highest BCUT2D eigenvalue weighted by Gasteiger charge is 2.08. The van der Waals surface area contributed by atoms with Crippen molar-refractivity contribution in [1.82, 2.24) is 10.2 Å². The van der Waals surface area contributed by atoms with E-state index in [4.69, 9.17) is 4.74 Å². The van der Waals surface area contributed by atoms with Crippen LogP contribution in [0.1, 0.15) is 12.5 Å². The van der Waals surface area contributed by atoms with Gasteiger partial charge >= 0.3 is 0 Å². The Morgan fingerprint density at radius 1 is 1.35 bits per heavy atom. The Morgan fingerprint density at radius 3 is 2.71 bits per heavy atom. The number of hydrogen-bond donors (Lipinski definition) is 1. The molecule has 1 rings (SSSR count). The van der Waals surface area contributed by atoms with Gasteiger partial charge in [0.05, 0.1) is 7.11 Å². The summed E-state index contributed by atoms with van der Waals surface area (Å²) < 4.78 is 5.36. The molecule has 0 saturated heterocycles. The molecule has 0 fully saturated rings. The number of rotatable bonds is 7. The summed E-state index contributed by atoms with van der Waals surface area (Å²) in [5.74, 6) is 1.63. The molecule has 0 aromatic heterocycles. The third-order valence-electron chi connectivity index (χ3n) is 2.81. The summed E-state index contributed by atoms with van der Waals surface area (Å²) in [6, 6.07) is 8.20. The molecule has 0 aliphatic carbocycles. The van der Waals surface area contributed by atoms with E-state index >= 15 is 0 Å². The monoisotopic (exact) mass is 236 g/mol. The smallest absolute Gasteiger partial charge is 0.123 e. The van der Waals surface area contributed by atoms with Gasteiger partial charge in [-0.1, -0.05) is 25.1 Å². The van der Waals surface area contributed by atoms with Crippen molar-refractivity contribution >= 4 is 0 Å². The van der Waals surface area contributed by atoms with Crippen molar-refractivity contribution in [2.24, 2.45) is 5.92 Å². The van der Waals surface area contributed by atoms with Crippen LogP contribution >= 0.6 is 0 Å². The Hall–Kier alpha value is -1.06. The van der Waals surface area contributed by atoms with Gasteiger partial charge in [-0.05, 0) is 32.6 Å². The lowest BCUT2D eigenvalue weighted by Crippen LogP contribution is -2.29. The molecule has 0 aliphatic rings. The lowest BCUT2D eigenvalue weighted by Gasteiger charge is -2.22. The molecule has 0 radical (unpaired) electrons. The lowest BCUT2D eigenvalue weighted by molar-refractivity contribution is 0.272. The van der Waals surface area contributed by atoms with Crippen LogP contribution in [0, 0.1) is 5.92 Å². The standard InChI is InChI=1S/C14H24N2O/c1-12(9-15-2)10-16(3)11-13-7-5-6-8-14(13)17-4/h5-8,12,15H,9-11H2,1-4H3. The fourth-order valence-electron chi connectivity index (χ4n) is 2.13. The molecule has 0 amide bonds. The zero-order chi connectivity index (χ0) is 12.7. The second-order valence-electron chi connectivity index (χ2n) is 4.67. The van der Waals surface area contributed by atoms with Crippen molar-refractivity contribution in [2.45, 2.75) is 13.5 Å². The molecule has 3 heteroatoms. The molecule has 1 atom stereocenters. The van der Waals surface area contributed by atoms with E-state index in [9.17, 15) is 0 Å².